The summed E-state index contributed by atoms with van der Waals surface area (Å²) in [5.41, 5.74) is 1.19. The van der Waals surface area contributed by atoms with Gasteiger partial charge in [0, 0.05) is 17.0 Å². The number of hydrogen-bond acceptors (Lipinski definition) is 3. The summed E-state index contributed by atoms with van der Waals surface area (Å²) in [4.78, 5) is 0. The maximum absolute atomic E-state index is 6.35. The van der Waals surface area contributed by atoms with Crippen molar-refractivity contribution in [2.45, 2.75) is 57.9 Å². The second kappa shape index (κ2) is 6.66. The molecule has 3 rings (SSSR count). The van der Waals surface area contributed by atoms with Crippen LogP contribution in [0.25, 0.3) is 6.08 Å². The van der Waals surface area contributed by atoms with Crippen molar-refractivity contribution in [1.29, 1.82) is 0 Å². The van der Waals surface area contributed by atoms with Crippen molar-refractivity contribution in [3.05, 3.63) is 35.9 Å². The third-order valence-corrected chi connectivity index (χ3v) is 5.41. The normalized spacial score (nSPS) is 33.4. The molecule has 0 aromatic heterocycles. The van der Waals surface area contributed by atoms with Gasteiger partial charge >= 0.3 is 0 Å². The summed E-state index contributed by atoms with van der Waals surface area (Å²) < 4.78 is 11.8. The van der Waals surface area contributed by atoms with Crippen molar-refractivity contribution in [3.63, 3.8) is 0 Å². The summed E-state index contributed by atoms with van der Waals surface area (Å²) in [6.45, 7) is 6.97. The van der Waals surface area contributed by atoms with Crippen molar-refractivity contribution in [3.8, 4) is 5.75 Å². The molecule has 0 bridgehead atoms. The van der Waals surface area contributed by atoms with Crippen molar-refractivity contribution < 1.29 is 9.47 Å². The number of para-hydroxylation sites is 1. The van der Waals surface area contributed by atoms with Crippen LogP contribution < -0.4 is 10.1 Å². The number of hydrogen-bond donors (Lipinski definition) is 1. The number of ether oxygens (including phenoxy) is 2. The minimum absolute atomic E-state index is 0.0403. The van der Waals surface area contributed by atoms with Gasteiger partial charge in [-0.1, -0.05) is 37.6 Å². The van der Waals surface area contributed by atoms with Crippen LogP contribution in [0.2, 0.25) is 0 Å². The summed E-state index contributed by atoms with van der Waals surface area (Å²) in [5.74, 6) is 2.27. The van der Waals surface area contributed by atoms with E-state index in [0.29, 0.717) is 12.0 Å². The van der Waals surface area contributed by atoms with E-state index in [1.54, 1.807) is 7.11 Å². The SMILES string of the molecule is COc1ccccc1/C=C/[C@H]1NC(C)(C)[C@@H]2CC[C@@H](C)C[C@H]2O1. The van der Waals surface area contributed by atoms with E-state index in [4.69, 9.17) is 9.47 Å². The number of methoxy groups -OCH3 is 1. The van der Waals surface area contributed by atoms with Gasteiger partial charge in [0.25, 0.3) is 0 Å². The number of benzene rings is 1. The molecular formula is C20H29NO2. The van der Waals surface area contributed by atoms with Gasteiger partial charge in [0.15, 0.2) is 0 Å². The molecule has 0 spiro atoms. The highest BCUT2D eigenvalue weighted by molar-refractivity contribution is 5.57. The molecule has 4 atom stereocenters. The lowest BCUT2D eigenvalue weighted by Gasteiger charge is -2.51. The Hall–Kier alpha value is -1.32. The molecule has 126 valence electrons. The largest absolute Gasteiger partial charge is 0.496 e. The van der Waals surface area contributed by atoms with E-state index in [2.05, 4.69) is 44.3 Å². The molecule has 23 heavy (non-hydrogen) atoms. The highest BCUT2D eigenvalue weighted by Gasteiger charge is 2.44. The van der Waals surface area contributed by atoms with Gasteiger partial charge in [0.05, 0.1) is 13.2 Å². The topological polar surface area (TPSA) is 30.5 Å². The van der Waals surface area contributed by atoms with E-state index < -0.39 is 0 Å². The molecule has 1 aliphatic carbocycles. The number of nitrogens with one attached hydrogen (secondary N) is 1. The third-order valence-electron chi connectivity index (χ3n) is 5.41. The molecule has 1 aromatic rings. The van der Waals surface area contributed by atoms with Gasteiger partial charge < -0.3 is 9.47 Å². The average Bonchev–Trinajstić information content (AvgIpc) is 2.52. The van der Waals surface area contributed by atoms with Crippen LogP contribution in [-0.4, -0.2) is 25.0 Å². The van der Waals surface area contributed by atoms with Crippen LogP contribution in [0, 0.1) is 11.8 Å². The lowest BCUT2D eigenvalue weighted by Crippen LogP contribution is -2.62. The smallest absolute Gasteiger partial charge is 0.128 e. The van der Waals surface area contributed by atoms with Gasteiger partial charge in [-0.25, -0.2) is 0 Å². The minimum atomic E-state index is -0.0403. The average molecular weight is 315 g/mol. The number of rotatable bonds is 3. The van der Waals surface area contributed by atoms with Crippen molar-refractivity contribution in [1.82, 2.24) is 5.32 Å². The summed E-state index contributed by atoms with van der Waals surface area (Å²) in [7, 11) is 1.71. The van der Waals surface area contributed by atoms with E-state index in [1.807, 2.05) is 18.2 Å². The van der Waals surface area contributed by atoms with E-state index in [1.165, 1.54) is 19.3 Å². The summed E-state index contributed by atoms with van der Waals surface area (Å²) in [6, 6.07) is 8.06. The zero-order chi connectivity index (χ0) is 16.4. The van der Waals surface area contributed by atoms with Gasteiger partial charge in [0.1, 0.15) is 12.0 Å². The highest BCUT2D eigenvalue weighted by Crippen LogP contribution is 2.40. The molecule has 0 radical (unpaired) electrons. The Kier molecular flexibility index (Phi) is 4.79. The fourth-order valence-electron chi connectivity index (χ4n) is 4.09. The maximum atomic E-state index is 6.35. The van der Waals surface area contributed by atoms with Crippen LogP contribution in [0.15, 0.2) is 30.3 Å². The molecule has 3 nitrogen and oxygen atoms in total. The quantitative estimate of drug-likeness (QED) is 0.905. The minimum Gasteiger partial charge on any atom is -0.496 e. The van der Waals surface area contributed by atoms with E-state index in [9.17, 15) is 0 Å². The molecule has 1 N–H and O–H groups in total. The molecule has 2 fully saturated rings. The van der Waals surface area contributed by atoms with Gasteiger partial charge in [0.2, 0.25) is 0 Å². The predicted molar refractivity (Wildman–Crippen MR) is 94.4 cm³/mol. The first-order chi connectivity index (χ1) is 11.0. The van der Waals surface area contributed by atoms with Gasteiger partial charge in [-0.15, -0.1) is 0 Å². The molecule has 1 heterocycles. The highest BCUT2D eigenvalue weighted by atomic mass is 16.5. The second-order valence-corrected chi connectivity index (χ2v) is 7.59. The van der Waals surface area contributed by atoms with Crippen LogP contribution in [-0.2, 0) is 4.74 Å². The molecular weight excluding hydrogens is 286 g/mol. The Balaban J connectivity index is 1.74. The molecule has 1 saturated heterocycles. The van der Waals surface area contributed by atoms with E-state index >= 15 is 0 Å². The molecule has 1 aliphatic heterocycles. The van der Waals surface area contributed by atoms with Crippen molar-refractivity contribution in [2.75, 3.05) is 7.11 Å². The Morgan fingerprint density at radius 1 is 1.26 bits per heavy atom. The molecule has 0 amide bonds. The Morgan fingerprint density at radius 2 is 2.04 bits per heavy atom. The summed E-state index contributed by atoms with van der Waals surface area (Å²) in [6.07, 6.45) is 8.29. The molecule has 1 aromatic carbocycles. The number of fused-ring (bicyclic) bond motifs is 1. The first-order valence-corrected chi connectivity index (χ1v) is 8.74. The van der Waals surface area contributed by atoms with Gasteiger partial charge in [-0.3, -0.25) is 5.32 Å². The molecule has 3 heteroatoms. The summed E-state index contributed by atoms with van der Waals surface area (Å²) in [5, 5.41) is 3.66. The fraction of sp³-hybridized carbons (Fsp3) is 0.600. The molecule has 0 unspecified atom stereocenters. The van der Waals surface area contributed by atoms with Gasteiger partial charge in [-0.2, -0.15) is 0 Å². The Labute approximate surface area is 140 Å². The predicted octanol–water partition coefficient (Wildman–Crippen LogP) is 4.24. The van der Waals surface area contributed by atoms with Crippen molar-refractivity contribution in [2.24, 2.45) is 11.8 Å². The van der Waals surface area contributed by atoms with Crippen molar-refractivity contribution >= 4 is 6.08 Å². The molecule has 2 aliphatic rings. The fourth-order valence-corrected chi connectivity index (χ4v) is 4.09. The Bertz CT molecular complexity index is 567. The third kappa shape index (κ3) is 3.61. The molecule has 1 saturated carbocycles. The van der Waals surface area contributed by atoms with Crippen LogP contribution in [0.3, 0.4) is 0 Å². The zero-order valence-electron chi connectivity index (χ0n) is 14.7. The second-order valence-electron chi connectivity index (χ2n) is 7.59. The van der Waals surface area contributed by atoms with Crippen LogP contribution >= 0.6 is 0 Å². The zero-order valence-corrected chi connectivity index (χ0v) is 14.7. The monoisotopic (exact) mass is 315 g/mol. The first-order valence-electron chi connectivity index (χ1n) is 8.74. The van der Waals surface area contributed by atoms with E-state index in [0.717, 1.165) is 17.2 Å². The van der Waals surface area contributed by atoms with Crippen LogP contribution in [0.4, 0.5) is 0 Å². The maximum Gasteiger partial charge on any atom is 0.128 e. The van der Waals surface area contributed by atoms with Crippen LogP contribution in [0.1, 0.15) is 45.6 Å². The standard InChI is InChI=1S/C20H29NO2/c1-14-9-11-16-18(13-14)23-19(21-20(16,2)3)12-10-15-7-5-6-8-17(15)22-4/h5-8,10,12,14,16,18-19,21H,9,11,13H2,1-4H3/b12-10+/t14-,16-,18-,19+/m1/s1. The van der Waals surface area contributed by atoms with Crippen LogP contribution in [0.5, 0.6) is 5.75 Å². The van der Waals surface area contributed by atoms with E-state index in [-0.39, 0.29) is 11.8 Å². The first kappa shape index (κ1) is 16.5. The summed E-state index contributed by atoms with van der Waals surface area (Å²) >= 11 is 0. The lowest BCUT2D eigenvalue weighted by atomic mass is 9.70. The lowest BCUT2D eigenvalue weighted by molar-refractivity contribution is -0.136. The van der Waals surface area contributed by atoms with Gasteiger partial charge in [-0.05, 0) is 44.7 Å². The Morgan fingerprint density at radius 3 is 2.83 bits per heavy atom.